The molecule has 0 radical (unpaired) electrons. The molecule has 36 heavy (non-hydrogen) atoms. The second kappa shape index (κ2) is 10.1. The van der Waals surface area contributed by atoms with E-state index in [0.29, 0.717) is 10.8 Å². The van der Waals surface area contributed by atoms with Crippen molar-refractivity contribution in [2.24, 2.45) is 5.84 Å². The van der Waals surface area contributed by atoms with E-state index in [9.17, 15) is 4.79 Å². The molecule has 2 aliphatic rings. The van der Waals surface area contributed by atoms with Crippen molar-refractivity contribution in [1.29, 1.82) is 0 Å². The van der Waals surface area contributed by atoms with Gasteiger partial charge < -0.3 is 9.47 Å². The van der Waals surface area contributed by atoms with Gasteiger partial charge in [0.25, 0.3) is 0 Å². The molecule has 3 N–H and O–H groups in total. The van der Waals surface area contributed by atoms with E-state index in [1.807, 2.05) is 60.7 Å². The number of rotatable bonds is 4. The highest BCUT2D eigenvalue weighted by Gasteiger charge is 2.18. The molecular weight excluding hydrogens is 478 g/mol. The number of benzene rings is 2. The topological polar surface area (TPSA) is 106 Å². The van der Waals surface area contributed by atoms with E-state index in [1.165, 1.54) is 5.01 Å². The largest absolute Gasteiger partial charge is 0.454 e. The van der Waals surface area contributed by atoms with Gasteiger partial charge in [-0.1, -0.05) is 29.8 Å². The lowest BCUT2D eigenvalue weighted by Gasteiger charge is -2.12. The number of anilines is 1. The van der Waals surface area contributed by atoms with Gasteiger partial charge in [0, 0.05) is 35.6 Å². The van der Waals surface area contributed by atoms with Crippen molar-refractivity contribution in [2.75, 3.05) is 18.8 Å². The summed E-state index contributed by atoms with van der Waals surface area (Å²) in [5, 5.41) is 9.55. The summed E-state index contributed by atoms with van der Waals surface area (Å²) in [6.07, 6.45) is 8.68. The van der Waals surface area contributed by atoms with Gasteiger partial charge in [0.05, 0.1) is 11.3 Å². The summed E-state index contributed by atoms with van der Waals surface area (Å²) >= 11 is 5.95. The number of carbonyl (C=O) groups is 1. The van der Waals surface area contributed by atoms with Gasteiger partial charge in [0.1, 0.15) is 0 Å². The van der Waals surface area contributed by atoms with Crippen LogP contribution in [0.4, 0.5) is 5.82 Å². The molecule has 6 rings (SSSR count). The van der Waals surface area contributed by atoms with Crippen LogP contribution in [0.5, 0.6) is 11.5 Å². The van der Waals surface area contributed by atoms with Gasteiger partial charge in [-0.25, -0.2) is 5.84 Å². The van der Waals surface area contributed by atoms with Crippen LogP contribution in [0.1, 0.15) is 5.56 Å². The number of hydrogen-bond donors (Lipinski definition) is 2. The number of fused-ring (bicyclic) bond motifs is 1. The molecule has 1 aliphatic carbocycles. The Morgan fingerprint density at radius 1 is 1.00 bits per heavy atom. The number of nitrogens with zero attached hydrogens (tertiary/aromatic N) is 3. The van der Waals surface area contributed by atoms with Crippen molar-refractivity contribution >= 4 is 29.3 Å². The zero-order valence-corrected chi connectivity index (χ0v) is 20.1. The maximum atomic E-state index is 11.1. The first-order chi connectivity index (χ1) is 17.5. The Kier molecular flexibility index (Phi) is 6.53. The molecule has 0 atom stereocenters. The van der Waals surface area contributed by atoms with Crippen molar-refractivity contribution in [2.45, 2.75) is 0 Å². The third kappa shape index (κ3) is 4.86. The fraction of sp³-hybridized carbons (Fsp3) is 0.0741. The lowest BCUT2D eigenvalue weighted by atomic mass is 9.98. The summed E-state index contributed by atoms with van der Waals surface area (Å²) in [6.45, 7) is 0.272. The van der Waals surface area contributed by atoms with Crippen molar-refractivity contribution in [1.82, 2.24) is 15.2 Å². The Bertz CT molecular complexity index is 1460. The van der Waals surface area contributed by atoms with Crippen LogP contribution in [0.3, 0.4) is 0 Å². The number of allylic oxidation sites excluding steroid dienone is 3. The zero-order chi connectivity index (χ0) is 25.1. The molecule has 0 amide bonds. The first kappa shape index (κ1) is 23.3. The van der Waals surface area contributed by atoms with Crippen LogP contribution in [0.2, 0.25) is 5.02 Å². The Morgan fingerprint density at radius 3 is 2.42 bits per heavy atom. The molecule has 0 bridgehead atoms. The molecular formula is C27H22ClN5O3. The summed E-state index contributed by atoms with van der Waals surface area (Å²) < 4.78 is 10.4. The number of H-pyrrole nitrogens is 1. The smallest absolute Gasteiger partial charge is 0.231 e. The number of nitrogens with one attached hydrogen (secondary N) is 1. The predicted octanol–water partition coefficient (Wildman–Crippen LogP) is 5.04. The van der Waals surface area contributed by atoms with E-state index in [1.54, 1.807) is 31.6 Å². The number of ketones is 1. The van der Waals surface area contributed by atoms with Crippen LogP contribution in [-0.4, -0.2) is 34.8 Å². The van der Waals surface area contributed by atoms with Crippen LogP contribution < -0.4 is 20.3 Å². The number of halogens is 1. The monoisotopic (exact) mass is 499 g/mol. The standard InChI is InChI=1S/C15H14ClN5.C12H8O3/c1-21(17)15-13(10-6-8-18-9-7-10)14(19-20-15)11-2-4-12(16)5-3-11;13-10-3-2-9(10)5-8-1-4-11-12(6-8)15-7-14-11/h2-9H,17H2,1H3,(H,19,20);1-6H,7H2. The van der Waals surface area contributed by atoms with E-state index in [2.05, 4.69) is 15.2 Å². The van der Waals surface area contributed by atoms with Crippen LogP contribution >= 0.6 is 11.6 Å². The van der Waals surface area contributed by atoms with E-state index >= 15 is 0 Å². The highest BCUT2D eigenvalue weighted by Crippen LogP contribution is 2.37. The molecule has 2 aromatic heterocycles. The Balaban J connectivity index is 0.000000156. The summed E-state index contributed by atoms with van der Waals surface area (Å²) in [4.78, 5) is 15.1. The summed E-state index contributed by atoms with van der Waals surface area (Å²) in [6, 6.07) is 17.1. The fourth-order valence-corrected chi connectivity index (χ4v) is 3.88. The highest BCUT2D eigenvalue weighted by atomic mass is 35.5. The number of hydrogen-bond acceptors (Lipinski definition) is 7. The van der Waals surface area contributed by atoms with Gasteiger partial charge in [0.15, 0.2) is 23.1 Å². The molecule has 180 valence electrons. The number of nitrogens with two attached hydrogens (primary N) is 1. The van der Waals surface area contributed by atoms with Crippen molar-refractivity contribution in [3.05, 3.63) is 95.3 Å². The molecule has 0 saturated heterocycles. The highest BCUT2D eigenvalue weighted by molar-refractivity contribution is 6.30. The van der Waals surface area contributed by atoms with Crippen molar-refractivity contribution < 1.29 is 14.3 Å². The molecule has 9 heteroatoms. The van der Waals surface area contributed by atoms with Gasteiger partial charge in [-0.3, -0.25) is 19.9 Å². The summed E-state index contributed by atoms with van der Waals surface area (Å²) in [7, 11) is 1.76. The molecule has 3 heterocycles. The lowest BCUT2D eigenvalue weighted by Crippen LogP contribution is -2.26. The Morgan fingerprint density at radius 2 is 1.75 bits per heavy atom. The quantitative estimate of drug-likeness (QED) is 0.230. The maximum Gasteiger partial charge on any atom is 0.231 e. The second-order valence-electron chi connectivity index (χ2n) is 8.06. The zero-order valence-electron chi connectivity index (χ0n) is 19.3. The number of aromatic amines is 1. The van der Waals surface area contributed by atoms with Crippen LogP contribution in [0, 0.1) is 0 Å². The van der Waals surface area contributed by atoms with Gasteiger partial charge >= 0.3 is 0 Å². The minimum atomic E-state index is 0.0765. The third-order valence-corrected chi connectivity index (χ3v) is 5.85. The molecule has 4 aromatic rings. The Labute approximate surface area is 212 Å². The fourth-order valence-electron chi connectivity index (χ4n) is 3.75. The predicted molar refractivity (Wildman–Crippen MR) is 140 cm³/mol. The average molecular weight is 500 g/mol. The first-order valence-electron chi connectivity index (χ1n) is 11.1. The minimum absolute atomic E-state index is 0.0765. The number of carbonyl (C=O) groups excluding carboxylic acids is 1. The van der Waals surface area contributed by atoms with Crippen LogP contribution in [0.25, 0.3) is 28.5 Å². The molecule has 0 spiro atoms. The number of pyridine rings is 1. The van der Waals surface area contributed by atoms with Crippen molar-refractivity contribution in [3.8, 4) is 33.9 Å². The average Bonchev–Trinajstić information content (AvgIpc) is 3.55. The molecule has 0 fully saturated rings. The molecule has 8 nitrogen and oxygen atoms in total. The summed E-state index contributed by atoms with van der Waals surface area (Å²) in [5.74, 6) is 8.12. The molecule has 1 aliphatic heterocycles. The van der Waals surface area contributed by atoms with Gasteiger partial charge in [-0.15, -0.1) is 0 Å². The normalized spacial score (nSPS) is 14.3. The van der Waals surface area contributed by atoms with Crippen molar-refractivity contribution in [3.63, 3.8) is 0 Å². The van der Waals surface area contributed by atoms with Crippen LogP contribution in [0.15, 0.2) is 84.7 Å². The third-order valence-electron chi connectivity index (χ3n) is 5.60. The van der Waals surface area contributed by atoms with E-state index in [-0.39, 0.29) is 12.6 Å². The van der Waals surface area contributed by atoms with Gasteiger partial charge in [0.2, 0.25) is 6.79 Å². The van der Waals surface area contributed by atoms with Gasteiger partial charge in [-0.2, -0.15) is 5.10 Å². The SMILES string of the molecule is CN(N)c1n[nH]c(-c2ccc(Cl)cc2)c1-c1ccncc1.O=C1C=CC1=Cc1ccc2c(c1)OCO2. The Hall–Kier alpha value is -4.40. The first-order valence-corrected chi connectivity index (χ1v) is 11.4. The van der Waals surface area contributed by atoms with E-state index < -0.39 is 0 Å². The number of aromatic nitrogens is 3. The molecule has 2 aromatic carbocycles. The minimum Gasteiger partial charge on any atom is -0.454 e. The van der Waals surface area contributed by atoms with Crippen LogP contribution in [-0.2, 0) is 4.79 Å². The number of ether oxygens (including phenoxy) is 2. The van der Waals surface area contributed by atoms with E-state index in [4.69, 9.17) is 26.9 Å². The van der Waals surface area contributed by atoms with E-state index in [0.717, 1.165) is 45.0 Å². The summed E-state index contributed by atoms with van der Waals surface area (Å²) in [5.41, 5.74) is 5.50. The number of hydrazine groups is 1. The second-order valence-corrected chi connectivity index (χ2v) is 8.50. The maximum absolute atomic E-state index is 11.1. The molecule has 0 saturated carbocycles. The van der Waals surface area contributed by atoms with Gasteiger partial charge in [-0.05, 0) is 65.8 Å². The molecule has 0 unspecified atom stereocenters. The lowest BCUT2D eigenvalue weighted by molar-refractivity contribution is -0.111.